The summed E-state index contributed by atoms with van der Waals surface area (Å²) in [5.74, 6) is 0.536. The summed E-state index contributed by atoms with van der Waals surface area (Å²) in [4.78, 5) is 0.114. The number of rotatable bonds is 6. The zero-order chi connectivity index (χ0) is 15.5. The van der Waals surface area contributed by atoms with Crippen molar-refractivity contribution in [3.05, 3.63) is 18.2 Å². The summed E-state index contributed by atoms with van der Waals surface area (Å²) >= 11 is 0. The van der Waals surface area contributed by atoms with Crippen molar-refractivity contribution in [3.8, 4) is 5.75 Å². The lowest BCUT2D eigenvalue weighted by molar-refractivity contribution is 0.0947. The molecule has 6 nitrogen and oxygen atoms in total. The third-order valence-electron chi connectivity index (χ3n) is 3.62. The molecule has 1 fully saturated rings. The van der Waals surface area contributed by atoms with Gasteiger partial charge in [-0.15, -0.1) is 0 Å². The normalized spacial score (nSPS) is 19.1. The lowest BCUT2D eigenvalue weighted by atomic mass is 10.2. The van der Waals surface area contributed by atoms with Crippen molar-refractivity contribution in [1.82, 2.24) is 4.31 Å². The van der Waals surface area contributed by atoms with Gasteiger partial charge in [-0.2, -0.15) is 4.31 Å². The first-order valence-corrected chi connectivity index (χ1v) is 8.48. The van der Waals surface area contributed by atoms with Gasteiger partial charge in [0.25, 0.3) is 0 Å². The molecule has 1 aliphatic rings. The van der Waals surface area contributed by atoms with E-state index in [0.29, 0.717) is 25.4 Å². The van der Waals surface area contributed by atoms with Gasteiger partial charge >= 0.3 is 0 Å². The van der Waals surface area contributed by atoms with Gasteiger partial charge in [-0.25, -0.2) is 8.42 Å². The molecule has 7 heteroatoms. The highest BCUT2D eigenvalue weighted by atomic mass is 32.2. The smallest absolute Gasteiger partial charge is 0.245 e. The van der Waals surface area contributed by atoms with Crippen molar-refractivity contribution < 1.29 is 17.9 Å². The van der Waals surface area contributed by atoms with Gasteiger partial charge in [0.15, 0.2) is 0 Å². The van der Waals surface area contributed by atoms with Crippen LogP contribution in [0.1, 0.15) is 19.8 Å². The molecule has 1 atom stereocenters. The fourth-order valence-electron chi connectivity index (χ4n) is 2.44. The predicted molar refractivity (Wildman–Crippen MR) is 80.8 cm³/mol. The number of likely N-dealkylation sites (N-methyl/N-ethyl adjacent to an activating group) is 1. The van der Waals surface area contributed by atoms with Gasteiger partial charge in [0.05, 0.1) is 18.9 Å². The third kappa shape index (κ3) is 3.48. The Hall–Kier alpha value is -1.31. The van der Waals surface area contributed by atoms with E-state index in [1.54, 1.807) is 6.07 Å². The Morgan fingerprint density at radius 2 is 2.24 bits per heavy atom. The number of benzene rings is 1. The van der Waals surface area contributed by atoms with Crippen molar-refractivity contribution in [2.24, 2.45) is 0 Å². The molecule has 0 aliphatic carbocycles. The minimum absolute atomic E-state index is 0.0285. The Morgan fingerprint density at radius 1 is 1.48 bits per heavy atom. The summed E-state index contributed by atoms with van der Waals surface area (Å²) in [6.45, 7) is 3.26. The summed E-state index contributed by atoms with van der Waals surface area (Å²) < 4.78 is 37.4. The van der Waals surface area contributed by atoms with E-state index in [-0.39, 0.29) is 16.7 Å². The number of nitrogen functional groups attached to an aromatic ring is 1. The first kappa shape index (κ1) is 16.1. The highest BCUT2D eigenvalue weighted by Crippen LogP contribution is 2.27. The maximum Gasteiger partial charge on any atom is 0.245 e. The molecular weight excluding hydrogens is 292 g/mol. The van der Waals surface area contributed by atoms with E-state index < -0.39 is 10.0 Å². The second-order valence-corrected chi connectivity index (χ2v) is 6.90. The second-order valence-electron chi connectivity index (χ2n) is 4.99. The molecule has 118 valence electrons. The Labute approximate surface area is 125 Å². The standard InChI is InChI=1S/C14H22N2O4S/c1-3-16(10-12-5-4-8-20-12)21(17,18)14-7-6-11(19-2)9-13(14)15/h6-7,9,12H,3-5,8,10,15H2,1-2H3. The largest absolute Gasteiger partial charge is 0.497 e. The molecule has 1 saturated heterocycles. The average Bonchev–Trinajstić information content (AvgIpc) is 2.97. The Bertz CT molecular complexity index is 583. The van der Waals surface area contributed by atoms with Crippen LogP contribution in [-0.2, 0) is 14.8 Å². The number of sulfonamides is 1. The topological polar surface area (TPSA) is 81.9 Å². The third-order valence-corrected chi connectivity index (χ3v) is 5.63. The van der Waals surface area contributed by atoms with Crippen molar-refractivity contribution >= 4 is 15.7 Å². The summed E-state index contributed by atoms with van der Waals surface area (Å²) in [5.41, 5.74) is 6.06. The van der Waals surface area contributed by atoms with Gasteiger partial charge in [-0.3, -0.25) is 0 Å². The van der Waals surface area contributed by atoms with Gasteiger partial charge in [0.1, 0.15) is 10.6 Å². The maximum absolute atomic E-state index is 12.7. The molecule has 2 rings (SSSR count). The van der Waals surface area contributed by atoms with Crippen LogP contribution in [0.3, 0.4) is 0 Å². The number of methoxy groups -OCH3 is 1. The molecule has 1 aliphatic heterocycles. The number of hydrogen-bond donors (Lipinski definition) is 1. The van der Waals surface area contributed by atoms with Gasteiger partial charge in [0, 0.05) is 25.8 Å². The minimum atomic E-state index is -3.62. The second kappa shape index (κ2) is 6.64. The molecule has 1 aromatic rings. The fourth-order valence-corrected chi connectivity index (χ4v) is 4.02. The van der Waals surface area contributed by atoms with Gasteiger partial charge in [0.2, 0.25) is 10.0 Å². The van der Waals surface area contributed by atoms with Gasteiger partial charge < -0.3 is 15.2 Å². The first-order chi connectivity index (χ1) is 9.98. The van der Waals surface area contributed by atoms with Crippen LogP contribution in [0, 0.1) is 0 Å². The summed E-state index contributed by atoms with van der Waals surface area (Å²) in [7, 11) is -2.11. The number of anilines is 1. The van der Waals surface area contributed by atoms with Gasteiger partial charge in [-0.05, 0) is 25.0 Å². The number of nitrogens with zero attached hydrogens (tertiary/aromatic N) is 1. The van der Waals surface area contributed by atoms with Crippen molar-refractivity contribution in [1.29, 1.82) is 0 Å². The zero-order valence-electron chi connectivity index (χ0n) is 12.4. The Balaban J connectivity index is 2.25. The Kier molecular flexibility index (Phi) is 5.08. The molecule has 0 aromatic heterocycles. The summed E-state index contributed by atoms with van der Waals surface area (Å²) in [6, 6.07) is 4.61. The Morgan fingerprint density at radius 3 is 2.76 bits per heavy atom. The molecule has 1 unspecified atom stereocenters. The zero-order valence-corrected chi connectivity index (χ0v) is 13.2. The molecule has 0 spiro atoms. The quantitative estimate of drug-likeness (QED) is 0.804. The number of ether oxygens (including phenoxy) is 2. The summed E-state index contributed by atoms with van der Waals surface area (Å²) in [5, 5.41) is 0. The van der Waals surface area contributed by atoms with E-state index in [9.17, 15) is 8.42 Å². The van der Waals surface area contributed by atoms with Crippen LogP contribution in [0.15, 0.2) is 23.1 Å². The molecule has 0 bridgehead atoms. The van der Waals surface area contributed by atoms with Crippen LogP contribution >= 0.6 is 0 Å². The fraction of sp³-hybridized carbons (Fsp3) is 0.571. The molecular formula is C14H22N2O4S. The minimum Gasteiger partial charge on any atom is -0.497 e. The predicted octanol–water partition coefficient (Wildman–Crippen LogP) is 1.47. The van der Waals surface area contributed by atoms with Crippen LogP contribution in [-0.4, -0.2) is 45.6 Å². The van der Waals surface area contributed by atoms with E-state index >= 15 is 0 Å². The number of hydrogen-bond acceptors (Lipinski definition) is 5. The van der Waals surface area contributed by atoms with Crippen LogP contribution in [0.5, 0.6) is 5.75 Å². The molecule has 0 amide bonds. The molecule has 2 N–H and O–H groups in total. The molecule has 0 radical (unpaired) electrons. The van der Waals surface area contributed by atoms with E-state index in [2.05, 4.69) is 0 Å². The van der Waals surface area contributed by atoms with Crippen LogP contribution in [0.4, 0.5) is 5.69 Å². The van der Waals surface area contributed by atoms with Crippen LogP contribution in [0.2, 0.25) is 0 Å². The lowest BCUT2D eigenvalue weighted by Gasteiger charge is -2.24. The molecule has 1 aromatic carbocycles. The average molecular weight is 314 g/mol. The highest BCUT2D eigenvalue weighted by molar-refractivity contribution is 7.89. The maximum atomic E-state index is 12.7. The highest BCUT2D eigenvalue weighted by Gasteiger charge is 2.29. The van der Waals surface area contributed by atoms with E-state index in [1.807, 2.05) is 6.92 Å². The van der Waals surface area contributed by atoms with Crippen LogP contribution in [0.25, 0.3) is 0 Å². The summed E-state index contributed by atoms with van der Waals surface area (Å²) in [6.07, 6.45) is 1.84. The molecule has 21 heavy (non-hydrogen) atoms. The van der Waals surface area contributed by atoms with Gasteiger partial charge in [-0.1, -0.05) is 6.92 Å². The molecule has 0 saturated carbocycles. The monoisotopic (exact) mass is 314 g/mol. The van der Waals surface area contributed by atoms with E-state index in [1.165, 1.54) is 23.5 Å². The molecule has 1 heterocycles. The first-order valence-electron chi connectivity index (χ1n) is 7.04. The SMILES string of the molecule is CCN(CC1CCCO1)S(=O)(=O)c1ccc(OC)cc1N. The van der Waals surface area contributed by atoms with Crippen molar-refractivity contribution in [3.63, 3.8) is 0 Å². The lowest BCUT2D eigenvalue weighted by Crippen LogP contribution is -2.37. The number of nitrogens with two attached hydrogens (primary N) is 1. The van der Waals surface area contributed by atoms with Crippen LogP contribution < -0.4 is 10.5 Å². The van der Waals surface area contributed by atoms with E-state index in [0.717, 1.165) is 12.8 Å². The van der Waals surface area contributed by atoms with Crippen molar-refractivity contribution in [2.75, 3.05) is 32.5 Å². The van der Waals surface area contributed by atoms with E-state index in [4.69, 9.17) is 15.2 Å². The van der Waals surface area contributed by atoms with Crippen molar-refractivity contribution in [2.45, 2.75) is 30.8 Å².